The number of rotatable bonds is 3. The van der Waals surface area contributed by atoms with E-state index in [4.69, 9.17) is 5.11 Å². The topological polar surface area (TPSA) is 110 Å². The van der Waals surface area contributed by atoms with Crippen molar-refractivity contribution >= 4 is 22.2 Å². The number of methoxy groups -OCH3 is 1. The Hall–Kier alpha value is -1.56. The number of carbonyl (C=O) groups excluding carboxylic acids is 1. The highest BCUT2D eigenvalue weighted by molar-refractivity contribution is 7.87. The number of alkyl halides is 3. The van der Waals surface area contributed by atoms with Crippen LogP contribution in [0.3, 0.4) is 0 Å². The maximum absolute atomic E-state index is 12.4. The molecular weight excluding hydrogens is 335 g/mol. The smallest absolute Gasteiger partial charge is 0.469 e. The van der Waals surface area contributed by atoms with Gasteiger partial charge < -0.3 is 14.7 Å². The summed E-state index contributed by atoms with van der Waals surface area (Å²) in [6, 6.07) is -0.827. The summed E-state index contributed by atoms with van der Waals surface area (Å²) >= 11 is 0. The quantitative estimate of drug-likeness (QED) is 0.455. The molecule has 22 heavy (non-hydrogen) atoms. The summed E-state index contributed by atoms with van der Waals surface area (Å²) in [6.07, 6.45) is -3.45. The second-order valence-corrected chi connectivity index (χ2v) is 6.25. The van der Waals surface area contributed by atoms with Crippen LogP contribution < -0.4 is 0 Å². The van der Waals surface area contributed by atoms with Gasteiger partial charge in [0.1, 0.15) is 5.92 Å². The Bertz CT molecular complexity index is 547. The molecule has 0 radical (unpaired) electrons. The third-order valence-corrected chi connectivity index (χ3v) is 4.30. The van der Waals surface area contributed by atoms with Gasteiger partial charge in [0.05, 0.1) is 13.2 Å². The zero-order valence-corrected chi connectivity index (χ0v) is 12.3. The van der Waals surface area contributed by atoms with Crippen molar-refractivity contribution in [1.82, 2.24) is 4.90 Å². The van der Waals surface area contributed by atoms with Crippen molar-refractivity contribution in [1.29, 1.82) is 0 Å². The first kappa shape index (κ1) is 18.5. The minimum absolute atomic E-state index is 0.401. The molecule has 0 aromatic carbocycles. The lowest BCUT2D eigenvalue weighted by molar-refractivity contribution is -0.152. The lowest BCUT2D eigenvalue weighted by Gasteiger charge is -2.39. The zero-order chi connectivity index (χ0) is 17.3. The summed E-state index contributed by atoms with van der Waals surface area (Å²) in [6.45, 7) is 0.833. The van der Waals surface area contributed by atoms with E-state index in [0.717, 1.165) is 12.0 Å². The molecule has 0 aromatic heterocycles. The number of carboxylic acid groups (broad SMARTS) is 1. The molecule has 1 rings (SSSR count). The number of halogens is 3. The van der Waals surface area contributed by atoms with E-state index >= 15 is 0 Å². The zero-order valence-electron chi connectivity index (χ0n) is 11.5. The van der Waals surface area contributed by atoms with Crippen LogP contribution in [0.15, 0.2) is 0 Å². The van der Waals surface area contributed by atoms with Crippen molar-refractivity contribution in [2.24, 2.45) is 5.92 Å². The molecule has 1 fully saturated rings. The second kappa shape index (κ2) is 6.28. The maximum Gasteiger partial charge on any atom is 0.523 e. The number of hydrogen-bond donors (Lipinski definition) is 1. The molecule has 1 amide bonds. The Morgan fingerprint density at radius 1 is 1.32 bits per heavy atom. The van der Waals surface area contributed by atoms with Gasteiger partial charge in [-0.25, -0.2) is 4.79 Å². The average Bonchev–Trinajstić information content (AvgIpc) is 2.35. The molecule has 12 heteroatoms. The van der Waals surface area contributed by atoms with Gasteiger partial charge in [-0.1, -0.05) is 0 Å². The lowest BCUT2D eigenvalue weighted by atomic mass is 9.91. The molecule has 1 aliphatic rings. The van der Waals surface area contributed by atoms with Crippen molar-refractivity contribution < 1.29 is 45.2 Å². The lowest BCUT2D eigenvalue weighted by Crippen LogP contribution is -2.54. The molecule has 0 aromatic rings. The molecule has 3 unspecified atom stereocenters. The summed E-state index contributed by atoms with van der Waals surface area (Å²) in [5, 5.41) is 8.96. The minimum atomic E-state index is -5.91. The van der Waals surface area contributed by atoms with Gasteiger partial charge in [-0.15, -0.1) is 0 Å². The number of hydrogen-bond acceptors (Lipinski definition) is 6. The monoisotopic (exact) mass is 349 g/mol. The molecule has 1 saturated heterocycles. The van der Waals surface area contributed by atoms with Crippen LogP contribution in [0.25, 0.3) is 0 Å². The molecule has 1 aliphatic heterocycles. The van der Waals surface area contributed by atoms with Crippen LogP contribution in [0.2, 0.25) is 0 Å². The number of piperidine rings is 1. The van der Waals surface area contributed by atoms with Crippen molar-refractivity contribution in [3.63, 3.8) is 0 Å². The van der Waals surface area contributed by atoms with Crippen LogP contribution in [0, 0.1) is 5.92 Å². The van der Waals surface area contributed by atoms with Crippen LogP contribution in [0.1, 0.15) is 13.3 Å². The van der Waals surface area contributed by atoms with Crippen LogP contribution in [0.5, 0.6) is 0 Å². The SMILES string of the molecule is COC(=O)C1CN(C(=O)O)C(C)CC1OS(=O)(=O)C(F)(F)F. The van der Waals surface area contributed by atoms with Crippen LogP contribution in [-0.2, 0) is 23.8 Å². The van der Waals surface area contributed by atoms with Gasteiger partial charge in [0.2, 0.25) is 0 Å². The highest BCUT2D eigenvalue weighted by atomic mass is 32.2. The van der Waals surface area contributed by atoms with Crippen LogP contribution >= 0.6 is 0 Å². The van der Waals surface area contributed by atoms with Crippen LogP contribution in [-0.4, -0.2) is 61.8 Å². The third-order valence-electron chi connectivity index (χ3n) is 3.23. The standard InChI is InChI=1S/C10H14F3NO7S/c1-5-3-7(21-22(18,19)10(11,12)13)6(8(15)20-2)4-14(5)9(16)17/h5-7H,3-4H2,1-2H3,(H,16,17). The molecular formula is C10H14F3NO7S. The van der Waals surface area contributed by atoms with Crippen molar-refractivity contribution in [2.45, 2.75) is 31.0 Å². The fourth-order valence-electron chi connectivity index (χ4n) is 2.11. The van der Waals surface area contributed by atoms with E-state index < -0.39 is 58.7 Å². The molecule has 0 saturated carbocycles. The normalized spacial score (nSPS) is 26.6. The summed E-state index contributed by atoms with van der Waals surface area (Å²) < 4.78 is 67.7. The predicted octanol–water partition coefficient (Wildman–Crippen LogP) is 0.783. The van der Waals surface area contributed by atoms with Gasteiger partial charge in [-0.3, -0.25) is 8.98 Å². The summed E-state index contributed by atoms with van der Waals surface area (Å²) in [7, 11) is -4.96. The number of likely N-dealkylation sites (tertiary alicyclic amines) is 1. The fraction of sp³-hybridized carbons (Fsp3) is 0.800. The fourth-order valence-corrected chi connectivity index (χ4v) is 2.75. The van der Waals surface area contributed by atoms with Crippen molar-refractivity contribution in [2.75, 3.05) is 13.7 Å². The van der Waals surface area contributed by atoms with E-state index in [-0.39, 0.29) is 0 Å². The van der Waals surface area contributed by atoms with E-state index in [2.05, 4.69) is 8.92 Å². The summed E-state index contributed by atoms with van der Waals surface area (Å²) in [4.78, 5) is 23.4. The second-order valence-electron chi connectivity index (χ2n) is 4.68. The van der Waals surface area contributed by atoms with Crippen molar-refractivity contribution in [3.05, 3.63) is 0 Å². The predicted molar refractivity (Wildman–Crippen MR) is 64.2 cm³/mol. The Labute approximate surface area is 123 Å². The summed E-state index contributed by atoms with van der Waals surface area (Å²) in [5.74, 6) is -2.53. The molecule has 1 heterocycles. The van der Waals surface area contributed by atoms with Crippen molar-refractivity contribution in [3.8, 4) is 0 Å². The van der Waals surface area contributed by atoms with E-state index in [9.17, 15) is 31.2 Å². The Morgan fingerprint density at radius 2 is 1.86 bits per heavy atom. The van der Waals surface area contributed by atoms with Gasteiger partial charge in [0.25, 0.3) is 0 Å². The molecule has 8 nitrogen and oxygen atoms in total. The first-order chi connectivity index (χ1) is 9.90. The number of esters is 1. The largest absolute Gasteiger partial charge is 0.523 e. The van der Waals surface area contributed by atoms with E-state index in [1.165, 1.54) is 6.92 Å². The average molecular weight is 349 g/mol. The van der Waals surface area contributed by atoms with E-state index in [1.807, 2.05) is 0 Å². The maximum atomic E-state index is 12.4. The minimum Gasteiger partial charge on any atom is -0.469 e. The van der Waals surface area contributed by atoms with Crippen LogP contribution in [0.4, 0.5) is 18.0 Å². The Kier molecular flexibility index (Phi) is 5.28. The third kappa shape index (κ3) is 3.80. The highest BCUT2D eigenvalue weighted by Gasteiger charge is 2.52. The number of amides is 1. The van der Waals surface area contributed by atoms with Gasteiger partial charge in [-0.05, 0) is 13.3 Å². The van der Waals surface area contributed by atoms with Gasteiger partial charge in [-0.2, -0.15) is 21.6 Å². The highest BCUT2D eigenvalue weighted by Crippen LogP contribution is 2.32. The first-order valence-electron chi connectivity index (χ1n) is 5.97. The molecule has 0 spiro atoms. The molecule has 0 aliphatic carbocycles. The number of ether oxygens (including phenoxy) is 1. The molecule has 0 bridgehead atoms. The van der Waals surface area contributed by atoms with Gasteiger partial charge in [0.15, 0.2) is 0 Å². The molecule has 128 valence electrons. The number of carbonyl (C=O) groups is 2. The molecule has 1 N–H and O–H groups in total. The summed E-state index contributed by atoms with van der Waals surface area (Å²) in [5.41, 5.74) is -5.64. The molecule has 3 atom stereocenters. The number of nitrogens with zero attached hydrogens (tertiary/aromatic N) is 1. The van der Waals surface area contributed by atoms with Gasteiger partial charge in [0, 0.05) is 12.6 Å². The van der Waals surface area contributed by atoms with E-state index in [1.54, 1.807) is 0 Å². The Morgan fingerprint density at radius 3 is 2.27 bits per heavy atom. The van der Waals surface area contributed by atoms with Gasteiger partial charge >= 0.3 is 27.7 Å². The van der Waals surface area contributed by atoms with E-state index in [0.29, 0.717) is 0 Å². The Balaban J connectivity index is 3.06. The first-order valence-corrected chi connectivity index (χ1v) is 7.38.